The number of hydrogen-bond donors (Lipinski definition) is 1. The quantitative estimate of drug-likeness (QED) is 0.537. The van der Waals surface area contributed by atoms with Gasteiger partial charge in [0.1, 0.15) is 5.57 Å². The fourth-order valence-corrected chi connectivity index (χ4v) is 1.26. The molecule has 0 aliphatic carbocycles. The number of carbonyl (C=O) groups is 2. The van der Waals surface area contributed by atoms with E-state index in [9.17, 15) is 9.59 Å². The molecule has 0 amide bonds. The Bertz CT molecular complexity index is 194. The molecule has 0 spiro atoms. The second kappa shape index (κ2) is 2.23. The van der Waals surface area contributed by atoms with Crippen molar-refractivity contribution in [3.8, 4) is 0 Å². The van der Waals surface area contributed by atoms with Crippen LogP contribution in [0.25, 0.3) is 0 Å². The topological polar surface area (TPSA) is 54.4 Å². The van der Waals surface area contributed by atoms with Crippen LogP contribution in [0.4, 0.5) is 0 Å². The highest BCUT2D eigenvalue weighted by Crippen LogP contribution is 2.18. The number of thioether (sulfide) groups is 1. The van der Waals surface area contributed by atoms with Crippen molar-refractivity contribution in [2.24, 2.45) is 0 Å². The van der Waals surface area contributed by atoms with Crippen molar-refractivity contribution in [1.29, 1.82) is 0 Å². The predicted molar refractivity (Wildman–Crippen MR) is 33.2 cm³/mol. The van der Waals surface area contributed by atoms with Crippen molar-refractivity contribution < 1.29 is 14.7 Å². The average Bonchev–Trinajstić information content (AvgIpc) is 2.13. The monoisotopic (exact) mass is 144 g/mol. The summed E-state index contributed by atoms with van der Waals surface area (Å²) >= 11 is 1.02. The lowest BCUT2D eigenvalue weighted by molar-refractivity contribution is -0.133. The van der Waals surface area contributed by atoms with Gasteiger partial charge in [-0.15, -0.1) is 0 Å². The van der Waals surface area contributed by atoms with Crippen molar-refractivity contribution in [3.63, 3.8) is 0 Å². The highest BCUT2D eigenvalue weighted by Gasteiger charge is 2.21. The summed E-state index contributed by atoms with van der Waals surface area (Å²) in [6, 6.07) is 0. The van der Waals surface area contributed by atoms with E-state index in [4.69, 9.17) is 5.11 Å². The van der Waals surface area contributed by atoms with Gasteiger partial charge in [-0.1, -0.05) is 17.8 Å². The molecule has 1 rings (SSSR count). The summed E-state index contributed by atoms with van der Waals surface area (Å²) in [7, 11) is 0. The van der Waals surface area contributed by atoms with Crippen LogP contribution in [0.1, 0.15) is 0 Å². The van der Waals surface area contributed by atoms with Crippen molar-refractivity contribution in [2.45, 2.75) is 0 Å². The van der Waals surface area contributed by atoms with Crippen molar-refractivity contribution >= 4 is 22.8 Å². The molecule has 1 aliphatic heterocycles. The summed E-state index contributed by atoms with van der Waals surface area (Å²) < 4.78 is 0. The fourth-order valence-electron chi connectivity index (χ4n) is 0.536. The second-order valence-electron chi connectivity index (χ2n) is 1.52. The van der Waals surface area contributed by atoms with Crippen LogP contribution in [0.3, 0.4) is 0 Å². The molecule has 0 bridgehead atoms. The lowest BCUT2D eigenvalue weighted by atomic mass is 10.3. The normalized spacial score (nSPS) is 17.8. The summed E-state index contributed by atoms with van der Waals surface area (Å²) in [5.41, 5.74) is -0.0833. The van der Waals surface area contributed by atoms with Gasteiger partial charge in [-0.3, -0.25) is 4.79 Å². The van der Waals surface area contributed by atoms with Gasteiger partial charge in [0.15, 0.2) is 0 Å². The van der Waals surface area contributed by atoms with Crippen molar-refractivity contribution in [1.82, 2.24) is 0 Å². The second-order valence-corrected chi connectivity index (χ2v) is 2.51. The maximum Gasteiger partial charge on any atom is 0.339 e. The highest BCUT2D eigenvalue weighted by molar-refractivity contribution is 8.14. The molecule has 0 radical (unpaired) electrons. The molecular weight excluding hydrogens is 140 g/mol. The van der Waals surface area contributed by atoms with E-state index in [1.54, 1.807) is 0 Å². The summed E-state index contributed by atoms with van der Waals surface area (Å²) in [6.45, 7) is 0. The van der Waals surface area contributed by atoms with Gasteiger partial charge >= 0.3 is 5.97 Å². The zero-order valence-electron chi connectivity index (χ0n) is 4.46. The van der Waals surface area contributed by atoms with Gasteiger partial charge in [-0.2, -0.15) is 0 Å². The summed E-state index contributed by atoms with van der Waals surface area (Å²) in [5.74, 6) is -0.620. The molecule has 0 atom stereocenters. The zero-order chi connectivity index (χ0) is 6.85. The Morgan fingerprint density at radius 1 is 1.78 bits per heavy atom. The number of carboxylic acid groups (broad SMARTS) is 1. The smallest absolute Gasteiger partial charge is 0.339 e. The molecule has 0 saturated carbocycles. The lowest BCUT2D eigenvalue weighted by Crippen LogP contribution is -2.04. The summed E-state index contributed by atoms with van der Waals surface area (Å²) in [6.07, 6.45) is 1.43. The molecule has 0 saturated heterocycles. The van der Waals surface area contributed by atoms with Crippen LogP contribution < -0.4 is 0 Å². The Morgan fingerprint density at radius 3 is 2.67 bits per heavy atom. The zero-order valence-corrected chi connectivity index (χ0v) is 5.27. The molecule has 0 fully saturated rings. The molecule has 1 aliphatic rings. The van der Waals surface area contributed by atoms with E-state index in [0.717, 1.165) is 11.8 Å². The average molecular weight is 144 g/mol. The van der Waals surface area contributed by atoms with E-state index < -0.39 is 5.97 Å². The Hall–Kier alpha value is -0.770. The van der Waals surface area contributed by atoms with Gasteiger partial charge in [0.05, 0.1) is 0 Å². The largest absolute Gasteiger partial charge is 0.478 e. The van der Waals surface area contributed by atoms with Crippen molar-refractivity contribution in [2.75, 3.05) is 5.75 Å². The minimum atomic E-state index is -1.12. The minimum absolute atomic E-state index is 0.0833. The van der Waals surface area contributed by atoms with Crippen LogP contribution >= 0.6 is 11.8 Å². The van der Waals surface area contributed by atoms with E-state index in [1.807, 2.05) is 0 Å². The number of carbonyl (C=O) groups excluding carboxylic acids is 1. The van der Waals surface area contributed by atoms with Crippen LogP contribution in [0, 0.1) is 0 Å². The third-order valence-electron chi connectivity index (χ3n) is 0.952. The first kappa shape index (κ1) is 6.35. The third-order valence-corrected chi connectivity index (χ3v) is 1.77. The van der Waals surface area contributed by atoms with Crippen LogP contribution in [-0.4, -0.2) is 21.9 Å². The first-order chi connectivity index (χ1) is 4.22. The van der Waals surface area contributed by atoms with Gasteiger partial charge < -0.3 is 5.11 Å². The van der Waals surface area contributed by atoms with E-state index >= 15 is 0 Å². The fraction of sp³-hybridized carbons (Fsp3) is 0.200. The molecule has 0 aromatic rings. The molecule has 9 heavy (non-hydrogen) atoms. The van der Waals surface area contributed by atoms with E-state index in [-0.39, 0.29) is 10.7 Å². The summed E-state index contributed by atoms with van der Waals surface area (Å²) in [4.78, 5) is 20.6. The Kier molecular flexibility index (Phi) is 1.57. The number of aliphatic carboxylic acids is 1. The molecule has 0 aromatic heterocycles. The Labute approximate surface area is 55.7 Å². The maximum absolute atomic E-state index is 10.5. The number of hydrogen-bond acceptors (Lipinski definition) is 3. The van der Waals surface area contributed by atoms with Crippen molar-refractivity contribution in [3.05, 3.63) is 11.6 Å². The molecule has 3 nitrogen and oxygen atoms in total. The maximum atomic E-state index is 10.5. The number of rotatable bonds is 1. The number of carboxylic acids is 1. The SMILES string of the molecule is O=C(O)C1=CCSC1=O. The summed E-state index contributed by atoms with van der Waals surface area (Å²) in [5, 5.41) is 7.95. The molecule has 1 N–H and O–H groups in total. The van der Waals surface area contributed by atoms with Gasteiger partial charge in [-0.25, -0.2) is 4.79 Å². The highest BCUT2D eigenvalue weighted by atomic mass is 32.2. The minimum Gasteiger partial charge on any atom is -0.478 e. The van der Waals surface area contributed by atoms with Crippen LogP contribution in [-0.2, 0) is 9.59 Å². The van der Waals surface area contributed by atoms with Gasteiger partial charge in [-0.05, 0) is 0 Å². The van der Waals surface area contributed by atoms with Gasteiger partial charge in [0, 0.05) is 5.75 Å². The predicted octanol–water partition coefficient (Wildman–Crippen LogP) is 0.271. The standard InChI is InChI=1S/C5H4O3S/c6-4(7)3-1-2-9-5(3)8/h1H,2H2,(H,6,7). The molecule has 0 aromatic carbocycles. The first-order valence-corrected chi connectivity index (χ1v) is 3.31. The van der Waals surface area contributed by atoms with E-state index in [2.05, 4.69) is 0 Å². The van der Waals surface area contributed by atoms with E-state index in [0.29, 0.717) is 5.75 Å². The van der Waals surface area contributed by atoms with Gasteiger partial charge in [0.2, 0.25) is 5.12 Å². The Balaban J connectivity index is 2.80. The molecule has 48 valence electrons. The molecule has 4 heteroatoms. The first-order valence-electron chi connectivity index (χ1n) is 2.32. The molecule has 1 heterocycles. The molecule has 0 unspecified atom stereocenters. The van der Waals surface area contributed by atoms with Crippen LogP contribution in [0.2, 0.25) is 0 Å². The Morgan fingerprint density at radius 2 is 2.44 bits per heavy atom. The molecular formula is C5H4O3S. The van der Waals surface area contributed by atoms with Crippen LogP contribution in [0.15, 0.2) is 11.6 Å². The van der Waals surface area contributed by atoms with Gasteiger partial charge in [0.25, 0.3) is 0 Å². The van der Waals surface area contributed by atoms with Crippen LogP contribution in [0.5, 0.6) is 0 Å². The van der Waals surface area contributed by atoms with E-state index in [1.165, 1.54) is 6.08 Å². The third kappa shape index (κ3) is 1.13. The lowest BCUT2D eigenvalue weighted by Gasteiger charge is -1.86.